The number of rotatable bonds is 3. The maximum absolute atomic E-state index is 11.8. The molecule has 0 spiro atoms. The first-order valence-electron chi connectivity index (χ1n) is 5.07. The molecule has 1 amide bonds. The fraction of sp³-hybridized carbons (Fsp3) is 0.818. The van der Waals surface area contributed by atoms with Crippen LogP contribution in [0.15, 0.2) is 0 Å². The predicted octanol–water partition coefficient (Wildman–Crippen LogP) is 1.52. The Kier molecular flexibility index (Phi) is 2.70. The number of carbonyl (C=O) groups excluding carboxylic acids is 2. The van der Waals surface area contributed by atoms with Gasteiger partial charge in [-0.2, -0.15) is 0 Å². The molecule has 1 N–H and O–H groups in total. The molecule has 14 heavy (non-hydrogen) atoms. The Morgan fingerprint density at radius 2 is 1.79 bits per heavy atom. The SMILES string of the molecule is CNC(=O)C1(CC(=O)C(C)(C)C)CC1. The van der Waals surface area contributed by atoms with Crippen molar-refractivity contribution in [1.29, 1.82) is 0 Å². The zero-order valence-electron chi connectivity index (χ0n) is 9.44. The van der Waals surface area contributed by atoms with E-state index in [2.05, 4.69) is 5.32 Å². The highest BCUT2D eigenvalue weighted by molar-refractivity contribution is 5.93. The Balaban J connectivity index is 2.61. The average molecular weight is 197 g/mol. The highest BCUT2D eigenvalue weighted by atomic mass is 16.2. The van der Waals surface area contributed by atoms with E-state index in [1.807, 2.05) is 20.8 Å². The minimum Gasteiger partial charge on any atom is -0.359 e. The van der Waals surface area contributed by atoms with Crippen LogP contribution in [0.4, 0.5) is 0 Å². The summed E-state index contributed by atoms with van der Waals surface area (Å²) in [6.07, 6.45) is 2.11. The van der Waals surface area contributed by atoms with Gasteiger partial charge >= 0.3 is 0 Å². The van der Waals surface area contributed by atoms with Gasteiger partial charge in [0.1, 0.15) is 5.78 Å². The Bertz CT molecular complexity index is 259. The van der Waals surface area contributed by atoms with Crippen LogP contribution in [0.25, 0.3) is 0 Å². The number of amides is 1. The molecule has 0 heterocycles. The summed E-state index contributed by atoms with van der Waals surface area (Å²) in [5.41, 5.74) is -0.692. The molecule has 1 saturated carbocycles. The summed E-state index contributed by atoms with van der Waals surface area (Å²) >= 11 is 0. The van der Waals surface area contributed by atoms with Gasteiger partial charge in [-0.3, -0.25) is 9.59 Å². The number of Topliss-reactive ketones (excluding diaryl/α,β-unsaturated/α-hetero) is 1. The summed E-state index contributed by atoms with van der Waals surface area (Å²) < 4.78 is 0. The lowest BCUT2D eigenvalue weighted by atomic mass is 9.83. The van der Waals surface area contributed by atoms with Crippen molar-refractivity contribution in [3.8, 4) is 0 Å². The maximum Gasteiger partial charge on any atom is 0.226 e. The summed E-state index contributed by atoms with van der Waals surface area (Å²) in [6, 6.07) is 0. The van der Waals surface area contributed by atoms with Crippen LogP contribution in [0, 0.1) is 10.8 Å². The molecule has 0 aromatic rings. The molecule has 0 radical (unpaired) electrons. The first-order chi connectivity index (χ1) is 6.32. The topological polar surface area (TPSA) is 46.2 Å². The third-order valence-electron chi connectivity index (χ3n) is 2.90. The predicted molar refractivity (Wildman–Crippen MR) is 54.8 cm³/mol. The normalized spacial score (nSPS) is 18.9. The zero-order chi connectivity index (χ0) is 11.0. The minimum absolute atomic E-state index is 0.0232. The van der Waals surface area contributed by atoms with Crippen LogP contribution in [0.2, 0.25) is 0 Å². The molecule has 1 rings (SSSR count). The quantitative estimate of drug-likeness (QED) is 0.745. The van der Waals surface area contributed by atoms with Gasteiger partial charge < -0.3 is 5.32 Å². The second-order valence-corrected chi connectivity index (χ2v) is 5.21. The van der Waals surface area contributed by atoms with E-state index in [9.17, 15) is 9.59 Å². The van der Waals surface area contributed by atoms with Gasteiger partial charge in [0.15, 0.2) is 0 Å². The van der Waals surface area contributed by atoms with Crippen LogP contribution >= 0.6 is 0 Å². The van der Waals surface area contributed by atoms with Crippen LogP contribution in [-0.2, 0) is 9.59 Å². The standard InChI is InChI=1S/C11H19NO2/c1-10(2,3)8(13)7-11(5-6-11)9(14)12-4/h5-7H2,1-4H3,(H,12,14). The van der Waals surface area contributed by atoms with E-state index in [1.165, 1.54) is 0 Å². The molecule has 1 aliphatic carbocycles. The van der Waals surface area contributed by atoms with Gasteiger partial charge in [-0.05, 0) is 12.8 Å². The van der Waals surface area contributed by atoms with E-state index in [0.717, 1.165) is 12.8 Å². The van der Waals surface area contributed by atoms with Crippen LogP contribution in [0.1, 0.15) is 40.0 Å². The van der Waals surface area contributed by atoms with Crippen LogP contribution in [-0.4, -0.2) is 18.7 Å². The third kappa shape index (κ3) is 2.14. The summed E-state index contributed by atoms with van der Waals surface area (Å²) in [4.78, 5) is 23.3. The highest BCUT2D eigenvalue weighted by Crippen LogP contribution is 2.50. The van der Waals surface area contributed by atoms with Crippen molar-refractivity contribution in [2.45, 2.75) is 40.0 Å². The molecule has 0 aromatic carbocycles. The van der Waals surface area contributed by atoms with Gasteiger partial charge in [0.2, 0.25) is 5.91 Å². The number of hydrogen-bond donors (Lipinski definition) is 1. The van der Waals surface area contributed by atoms with Gasteiger partial charge in [0.05, 0.1) is 5.41 Å². The summed E-state index contributed by atoms with van der Waals surface area (Å²) in [5.74, 6) is 0.203. The third-order valence-corrected chi connectivity index (χ3v) is 2.90. The maximum atomic E-state index is 11.8. The molecule has 1 aliphatic rings. The molecule has 0 bridgehead atoms. The molecule has 3 heteroatoms. The van der Waals surface area contributed by atoms with Crippen LogP contribution in [0.3, 0.4) is 0 Å². The lowest BCUT2D eigenvalue weighted by Crippen LogP contribution is -2.33. The molecule has 0 aromatic heterocycles. The average Bonchev–Trinajstić information content (AvgIpc) is 2.82. The molecule has 0 atom stereocenters. The van der Waals surface area contributed by atoms with Crippen molar-refractivity contribution in [1.82, 2.24) is 5.32 Å². The summed E-state index contributed by atoms with van der Waals surface area (Å²) in [5, 5.41) is 2.63. The van der Waals surface area contributed by atoms with Gasteiger partial charge in [-0.15, -0.1) is 0 Å². The highest BCUT2D eigenvalue weighted by Gasteiger charge is 2.51. The Labute approximate surface area is 85.3 Å². The minimum atomic E-state index is -0.362. The molecule has 0 saturated heterocycles. The molecular formula is C11H19NO2. The lowest BCUT2D eigenvalue weighted by molar-refractivity contribution is -0.133. The first-order valence-corrected chi connectivity index (χ1v) is 5.07. The van der Waals surface area contributed by atoms with Gasteiger partial charge in [0, 0.05) is 18.9 Å². The second-order valence-electron chi connectivity index (χ2n) is 5.21. The van der Waals surface area contributed by atoms with E-state index in [4.69, 9.17) is 0 Å². The Morgan fingerprint density at radius 1 is 1.29 bits per heavy atom. The van der Waals surface area contributed by atoms with Crippen LogP contribution < -0.4 is 5.32 Å². The van der Waals surface area contributed by atoms with Crippen molar-refractivity contribution in [3.63, 3.8) is 0 Å². The van der Waals surface area contributed by atoms with Crippen LogP contribution in [0.5, 0.6) is 0 Å². The monoisotopic (exact) mass is 197 g/mol. The number of nitrogens with one attached hydrogen (secondary N) is 1. The van der Waals surface area contributed by atoms with Crippen molar-refractivity contribution >= 4 is 11.7 Å². The molecule has 1 fully saturated rings. The largest absolute Gasteiger partial charge is 0.359 e. The van der Waals surface area contributed by atoms with Gasteiger partial charge in [-0.25, -0.2) is 0 Å². The fourth-order valence-corrected chi connectivity index (χ4v) is 1.47. The smallest absolute Gasteiger partial charge is 0.226 e. The van der Waals surface area contributed by atoms with E-state index < -0.39 is 0 Å². The lowest BCUT2D eigenvalue weighted by Gasteiger charge is -2.20. The number of carbonyl (C=O) groups is 2. The van der Waals surface area contributed by atoms with Crippen molar-refractivity contribution in [2.75, 3.05) is 7.05 Å². The van der Waals surface area contributed by atoms with E-state index in [0.29, 0.717) is 6.42 Å². The second kappa shape index (κ2) is 3.37. The van der Waals surface area contributed by atoms with Crippen molar-refractivity contribution < 1.29 is 9.59 Å². The Morgan fingerprint density at radius 3 is 2.07 bits per heavy atom. The molecule has 0 unspecified atom stereocenters. The van der Waals surface area contributed by atoms with Gasteiger partial charge in [0.25, 0.3) is 0 Å². The number of ketones is 1. The van der Waals surface area contributed by atoms with Crippen molar-refractivity contribution in [2.24, 2.45) is 10.8 Å². The van der Waals surface area contributed by atoms with E-state index in [1.54, 1.807) is 7.05 Å². The van der Waals surface area contributed by atoms with E-state index >= 15 is 0 Å². The van der Waals surface area contributed by atoms with Gasteiger partial charge in [-0.1, -0.05) is 20.8 Å². The molecule has 0 aliphatic heterocycles. The molecule has 80 valence electrons. The molecule has 3 nitrogen and oxygen atoms in total. The van der Waals surface area contributed by atoms with Crippen molar-refractivity contribution in [3.05, 3.63) is 0 Å². The summed E-state index contributed by atoms with van der Waals surface area (Å²) in [6.45, 7) is 5.69. The fourth-order valence-electron chi connectivity index (χ4n) is 1.47. The molecular weight excluding hydrogens is 178 g/mol. The zero-order valence-corrected chi connectivity index (χ0v) is 9.44. The number of hydrogen-bond acceptors (Lipinski definition) is 2. The summed E-state index contributed by atoms with van der Waals surface area (Å²) in [7, 11) is 1.63. The Hall–Kier alpha value is -0.860. The van der Waals surface area contributed by atoms with E-state index in [-0.39, 0.29) is 22.5 Å². The first kappa shape index (κ1) is 11.2.